The molecule has 0 bridgehead atoms. The monoisotopic (exact) mass is 400 g/mol. The molecule has 0 radical (unpaired) electrons. The Labute approximate surface area is 170 Å². The number of pyridine rings is 1. The molecular formula is C21H25ClN4O2. The zero-order chi connectivity index (χ0) is 19.9. The van der Waals surface area contributed by atoms with E-state index in [2.05, 4.69) is 20.5 Å². The second-order valence-electron chi connectivity index (χ2n) is 7.10. The maximum atomic E-state index is 12.6. The molecule has 2 N–H and O–H groups in total. The van der Waals surface area contributed by atoms with E-state index in [1.54, 1.807) is 30.3 Å². The van der Waals surface area contributed by atoms with Crippen molar-refractivity contribution < 1.29 is 9.59 Å². The lowest BCUT2D eigenvalue weighted by molar-refractivity contribution is -0.121. The molecule has 3 rings (SSSR count). The Balaban J connectivity index is 1.45. The first-order valence-corrected chi connectivity index (χ1v) is 9.90. The minimum atomic E-state index is -0.0876. The van der Waals surface area contributed by atoms with Crippen molar-refractivity contribution in [3.05, 3.63) is 53.2 Å². The average Bonchev–Trinajstić information content (AvgIpc) is 2.68. The summed E-state index contributed by atoms with van der Waals surface area (Å²) in [5.74, 6) is 0.450. The number of carbonyl (C=O) groups is 2. The first kappa shape index (κ1) is 20.3. The van der Waals surface area contributed by atoms with Crippen molar-refractivity contribution in [1.29, 1.82) is 0 Å². The summed E-state index contributed by atoms with van der Waals surface area (Å²) in [5.41, 5.74) is 1.60. The summed E-state index contributed by atoms with van der Waals surface area (Å²) in [7, 11) is 0. The van der Waals surface area contributed by atoms with Gasteiger partial charge in [-0.3, -0.25) is 9.59 Å². The molecule has 0 spiro atoms. The van der Waals surface area contributed by atoms with Crippen LogP contribution >= 0.6 is 11.6 Å². The van der Waals surface area contributed by atoms with Gasteiger partial charge in [0.2, 0.25) is 11.8 Å². The Morgan fingerprint density at radius 3 is 2.71 bits per heavy atom. The third-order valence-electron chi connectivity index (χ3n) is 4.80. The maximum absolute atomic E-state index is 12.6. The number of carbonyl (C=O) groups excluding carboxylic acids is 2. The van der Waals surface area contributed by atoms with Crippen LogP contribution in [0.2, 0.25) is 5.02 Å². The Morgan fingerprint density at radius 2 is 1.96 bits per heavy atom. The number of nitrogens with zero attached hydrogens (tertiary/aromatic N) is 2. The van der Waals surface area contributed by atoms with Gasteiger partial charge in [-0.2, -0.15) is 0 Å². The van der Waals surface area contributed by atoms with Gasteiger partial charge in [0.1, 0.15) is 5.82 Å². The minimum Gasteiger partial charge on any atom is -0.326 e. The molecule has 1 aromatic carbocycles. The van der Waals surface area contributed by atoms with Crippen molar-refractivity contribution in [2.24, 2.45) is 5.92 Å². The molecule has 2 aromatic rings. The van der Waals surface area contributed by atoms with Gasteiger partial charge in [0.25, 0.3) is 0 Å². The number of nitrogens with one attached hydrogen (secondary N) is 2. The fourth-order valence-corrected chi connectivity index (χ4v) is 3.46. The molecule has 1 aliphatic heterocycles. The van der Waals surface area contributed by atoms with Gasteiger partial charge < -0.3 is 15.5 Å². The standard InChI is InChI=1S/C21H25ClN4O2/c1-15-4-2-6-19(23-15)25-21(28)16-5-3-12-26(14-16)13-11-20(27)24-18-9-7-17(22)8-10-18/h2,4,6-10,16H,3,5,11-14H2,1H3,(H,24,27)(H,23,25,28). The number of halogens is 1. The number of aromatic nitrogens is 1. The molecular weight excluding hydrogens is 376 g/mol. The Morgan fingerprint density at radius 1 is 1.18 bits per heavy atom. The van der Waals surface area contributed by atoms with Crippen LogP contribution in [0.5, 0.6) is 0 Å². The van der Waals surface area contributed by atoms with Crippen LogP contribution in [0, 0.1) is 12.8 Å². The SMILES string of the molecule is Cc1cccc(NC(=O)C2CCCN(CCC(=O)Nc3ccc(Cl)cc3)C2)n1. The van der Waals surface area contributed by atoms with Gasteiger partial charge in [0.05, 0.1) is 5.92 Å². The van der Waals surface area contributed by atoms with Crippen LogP contribution in [-0.2, 0) is 9.59 Å². The lowest BCUT2D eigenvalue weighted by Crippen LogP contribution is -2.41. The third-order valence-corrected chi connectivity index (χ3v) is 5.05. The summed E-state index contributed by atoms with van der Waals surface area (Å²) in [6, 6.07) is 12.6. The Hall–Kier alpha value is -2.44. The number of hydrogen-bond acceptors (Lipinski definition) is 4. The normalized spacial score (nSPS) is 17.1. The first-order chi connectivity index (χ1) is 13.5. The number of likely N-dealkylation sites (tertiary alicyclic amines) is 1. The van der Waals surface area contributed by atoms with Crippen molar-refractivity contribution >= 4 is 34.9 Å². The fourth-order valence-electron chi connectivity index (χ4n) is 3.33. The zero-order valence-corrected chi connectivity index (χ0v) is 16.7. The van der Waals surface area contributed by atoms with E-state index in [4.69, 9.17) is 11.6 Å². The van der Waals surface area contributed by atoms with Crippen molar-refractivity contribution in [3.8, 4) is 0 Å². The highest BCUT2D eigenvalue weighted by molar-refractivity contribution is 6.30. The zero-order valence-electron chi connectivity index (χ0n) is 16.0. The Kier molecular flexibility index (Phi) is 7.01. The number of benzene rings is 1. The fraction of sp³-hybridized carbons (Fsp3) is 0.381. The molecule has 1 aliphatic rings. The summed E-state index contributed by atoms with van der Waals surface area (Å²) in [6.07, 6.45) is 2.18. The summed E-state index contributed by atoms with van der Waals surface area (Å²) in [6.45, 7) is 4.09. The average molecular weight is 401 g/mol. The van der Waals surface area contributed by atoms with Crippen LogP contribution in [0.25, 0.3) is 0 Å². The summed E-state index contributed by atoms with van der Waals surface area (Å²) >= 11 is 5.85. The van der Waals surface area contributed by atoms with Crippen molar-refractivity contribution in [2.45, 2.75) is 26.2 Å². The van der Waals surface area contributed by atoms with E-state index < -0.39 is 0 Å². The van der Waals surface area contributed by atoms with Gasteiger partial charge >= 0.3 is 0 Å². The van der Waals surface area contributed by atoms with Crippen LogP contribution in [0.4, 0.5) is 11.5 Å². The number of hydrogen-bond donors (Lipinski definition) is 2. The second kappa shape index (κ2) is 9.66. The van der Waals surface area contributed by atoms with Crippen LogP contribution in [0.1, 0.15) is 25.0 Å². The highest BCUT2D eigenvalue weighted by Gasteiger charge is 2.26. The van der Waals surface area contributed by atoms with E-state index in [-0.39, 0.29) is 17.7 Å². The maximum Gasteiger partial charge on any atom is 0.229 e. The molecule has 148 valence electrons. The smallest absolute Gasteiger partial charge is 0.229 e. The van der Waals surface area contributed by atoms with Crippen molar-refractivity contribution in [3.63, 3.8) is 0 Å². The van der Waals surface area contributed by atoms with Gasteiger partial charge in [-0.15, -0.1) is 0 Å². The third kappa shape index (κ3) is 6.04. The molecule has 0 saturated carbocycles. The number of piperidine rings is 1. The highest BCUT2D eigenvalue weighted by Crippen LogP contribution is 2.19. The minimum absolute atomic E-state index is 0.00610. The number of rotatable bonds is 6. The largest absolute Gasteiger partial charge is 0.326 e. The topological polar surface area (TPSA) is 74.3 Å². The molecule has 7 heteroatoms. The number of anilines is 2. The van der Waals surface area contributed by atoms with Crippen molar-refractivity contribution in [2.75, 3.05) is 30.3 Å². The van der Waals surface area contributed by atoms with Gasteiger partial charge in [-0.05, 0) is 62.7 Å². The molecule has 2 amide bonds. The highest BCUT2D eigenvalue weighted by atomic mass is 35.5. The molecule has 2 heterocycles. The predicted octanol–water partition coefficient (Wildman–Crippen LogP) is 3.72. The summed E-state index contributed by atoms with van der Waals surface area (Å²) in [4.78, 5) is 31.2. The van der Waals surface area contributed by atoms with E-state index in [1.807, 2.05) is 19.1 Å². The quantitative estimate of drug-likeness (QED) is 0.774. The first-order valence-electron chi connectivity index (χ1n) is 9.52. The van der Waals surface area contributed by atoms with E-state index >= 15 is 0 Å². The van der Waals surface area contributed by atoms with Gasteiger partial charge in [-0.1, -0.05) is 17.7 Å². The molecule has 1 fully saturated rings. The van der Waals surface area contributed by atoms with Gasteiger partial charge in [-0.25, -0.2) is 4.98 Å². The second-order valence-corrected chi connectivity index (χ2v) is 7.53. The predicted molar refractivity (Wildman–Crippen MR) is 111 cm³/mol. The lowest BCUT2D eigenvalue weighted by Gasteiger charge is -2.31. The molecule has 6 nitrogen and oxygen atoms in total. The van der Waals surface area contributed by atoms with E-state index in [1.165, 1.54) is 0 Å². The van der Waals surface area contributed by atoms with Crippen LogP contribution < -0.4 is 10.6 Å². The van der Waals surface area contributed by atoms with Crippen LogP contribution in [0.15, 0.2) is 42.5 Å². The number of amides is 2. The summed E-state index contributed by atoms with van der Waals surface area (Å²) < 4.78 is 0. The van der Waals surface area contributed by atoms with E-state index in [0.717, 1.165) is 30.8 Å². The van der Waals surface area contributed by atoms with Gasteiger partial charge in [0.15, 0.2) is 0 Å². The van der Waals surface area contributed by atoms with E-state index in [0.29, 0.717) is 30.4 Å². The van der Waals surface area contributed by atoms with E-state index in [9.17, 15) is 9.59 Å². The summed E-state index contributed by atoms with van der Waals surface area (Å²) in [5, 5.41) is 6.41. The molecule has 28 heavy (non-hydrogen) atoms. The van der Waals surface area contributed by atoms with Gasteiger partial charge in [0, 0.05) is 35.9 Å². The molecule has 1 unspecified atom stereocenters. The van der Waals surface area contributed by atoms with Crippen molar-refractivity contribution in [1.82, 2.24) is 9.88 Å². The molecule has 1 aromatic heterocycles. The Bertz CT molecular complexity index is 825. The lowest BCUT2D eigenvalue weighted by atomic mass is 9.97. The molecule has 1 atom stereocenters. The number of aryl methyl sites for hydroxylation is 1. The van der Waals surface area contributed by atoms with Crippen LogP contribution in [-0.4, -0.2) is 41.3 Å². The van der Waals surface area contributed by atoms with Crippen LogP contribution in [0.3, 0.4) is 0 Å². The molecule has 0 aliphatic carbocycles. The molecule has 1 saturated heterocycles.